The number of hydrogen-bond donors (Lipinski definition) is 4. The number of nitrogens with zero attached hydrogens (tertiary/aromatic N) is 1. The van der Waals surface area contributed by atoms with Crippen LogP contribution in [-0.2, 0) is 19.4 Å². The number of aliphatic hydroxyl groups excluding tert-OH is 1. The summed E-state index contributed by atoms with van der Waals surface area (Å²) in [6.07, 6.45) is -1.19. The molecule has 1 heterocycles. The lowest BCUT2D eigenvalue weighted by molar-refractivity contribution is -0.130. The lowest BCUT2D eigenvalue weighted by atomic mass is 9.73. The number of nitrogens with one attached hydrogen (secondary N) is 2. The molecule has 2 aromatic rings. The Kier molecular flexibility index (Phi) is 9.34. The highest BCUT2D eigenvalue weighted by Gasteiger charge is 2.59. The van der Waals surface area contributed by atoms with Gasteiger partial charge in [-0.3, -0.25) is 14.5 Å². The zero-order valence-corrected chi connectivity index (χ0v) is 26.4. The second kappa shape index (κ2) is 12.7. The monoisotopic (exact) mass is 687 g/mol. The molecule has 0 spiro atoms. The van der Waals surface area contributed by atoms with Crippen LogP contribution in [0.15, 0.2) is 35.2 Å². The maximum atomic E-state index is 13.9. The highest BCUT2D eigenvalue weighted by molar-refractivity contribution is 7.92. The summed E-state index contributed by atoms with van der Waals surface area (Å²) >= 11 is 6.29. The molecule has 2 aromatic carbocycles. The molecule has 2 unspecified atom stereocenters. The molecule has 7 atom stereocenters. The van der Waals surface area contributed by atoms with E-state index in [-0.39, 0.29) is 59.4 Å². The van der Waals surface area contributed by atoms with Gasteiger partial charge < -0.3 is 25.6 Å². The van der Waals surface area contributed by atoms with E-state index in [9.17, 15) is 46.2 Å². The van der Waals surface area contributed by atoms with E-state index in [2.05, 4.69) is 10.6 Å². The van der Waals surface area contributed by atoms with Crippen molar-refractivity contribution < 1.29 is 50.9 Å². The number of likely N-dealkylation sites (tertiary alicyclic amines) is 1. The molecule has 5 rings (SSSR count). The lowest BCUT2D eigenvalue weighted by Gasteiger charge is -2.43. The number of ether oxygens (including phenoxy) is 1. The van der Waals surface area contributed by atoms with E-state index in [4.69, 9.17) is 16.3 Å². The molecule has 2 bridgehead atoms. The van der Waals surface area contributed by atoms with Crippen molar-refractivity contribution in [2.75, 3.05) is 25.5 Å². The van der Waals surface area contributed by atoms with Gasteiger partial charge in [-0.1, -0.05) is 18.5 Å². The molecule has 1 saturated heterocycles. The smallest absolute Gasteiger partial charge is 0.410 e. The van der Waals surface area contributed by atoms with Crippen LogP contribution >= 0.6 is 11.6 Å². The molecule has 2 aliphatic carbocycles. The second-order valence-electron chi connectivity index (χ2n) is 12.2. The van der Waals surface area contributed by atoms with Crippen molar-refractivity contribution in [3.63, 3.8) is 0 Å². The number of methoxy groups -OCH3 is 1. The predicted molar refractivity (Wildman–Crippen MR) is 158 cm³/mol. The van der Waals surface area contributed by atoms with E-state index in [0.29, 0.717) is 18.6 Å². The Morgan fingerprint density at radius 2 is 1.78 bits per heavy atom. The molecule has 250 valence electrons. The van der Waals surface area contributed by atoms with E-state index in [0.717, 1.165) is 18.1 Å². The molecule has 16 heteroatoms. The number of sulfone groups is 1. The predicted octanol–water partition coefficient (Wildman–Crippen LogP) is 3.27. The Bertz CT molecular complexity index is 1660. The Labute approximate surface area is 268 Å². The Balaban J connectivity index is 1.32. The zero-order valence-electron chi connectivity index (χ0n) is 24.8. The van der Waals surface area contributed by atoms with Gasteiger partial charge in [0.05, 0.1) is 34.0 Å². The molecule has 0 aromatic heterocycles. The number of amides is 3. The standard InChI is InChI=1S/C30H33ClF3N3O8S/c1-14-7-16-9-18(12-19(14)30(16,42)13-35-28(40)26-23(38)5-6-37(26)29(41)45-2)46(43,44)24-8-15(3-4-20(24)31)27(39)36-17-10-21(32)25(34)22(33)11-17/h3-4,8,10-11,14,16,18-19,23,26,38,42H,5-7,9,12-13H2,1-2H3,(H,35,40)(H,36,39)/t14-,16?,18+,19?,23+,26-,30+/m0/s1. The third-order valence-electron chi connectivity index (χ3n) is 9.53. The highest BCUT2D eigenvalue weighted by atomic mass is 35.5. The molecule has 0 radical (unpaired) electrons. The first-order valence-electron chi connectivity index (χ1n) is 14.6. The van der Waals surface area contributed by atoms with Crippen LogP contribution in [0.4, 0.5) is 23.7 Å². The average Bonchev–Trinajstić information content (AvgIpc) is 3.42. The van der Waals surface area contributed by atoms with E-state index >= 15 is 0 Å². The number of rotatable bonds is 7. The lowest BCUT2D eigenvalue weighted by Crippen LogP contribution is -2.58. The molecule has 3 amide bonds. The first kappa shape index (κ1) is 33.9. The van der Waals surface area contributed by atoms with Crippen molar-refractivity contribution in [2.45, 2.75) is 60.5 Å². The van der Waals surface area contributed by atoms with Crippen LogP contribution in [0.1, 0.15) is 43.0 Å². The van der Waals surface area contributed by atoms with Crippen molar-refractivity contribution >= 4 is 45.0 Å². The van der Waals surface area contributed by atoms with Gasteiger partial charge in [-0.25, -0.2) is 26.4 Å². The fourth-order valence-corrected chi connectivity index (χ4v) is 9.57. The minimum Gasteiger partial charge on any atom is -0.453 e. The van der Waals surface area contributed by atoms with Gasteiger partial charge in [-0.05, 0) is 61.6 Å². The van der Waals surface area contributed by atoms with Crippen molar-refractivity contribution in [2.24, 2.45) is 17.8 Å². The normalized spacial score (nSPS) is 29.0. The van der Waals surface area contributed by atoms with Crippen molar-refractivity contribution in [1.82, 2.24) is 10.2 Å². The number of benzene rings is 2. The van der Waals surface area contributed by atoms with Gasteiger partial charge in [-0.15, -0.1) is 0 Å². The molecular formula is C30H33ClF3N3O8S. The largest absolute Gasteiger partial charge is 0.453 e. The van der Waals surface area contributed by atoms with Crippen LogP contribution in [0.3, 0.4) is 0 Å². The quantitative estimate of drug-likeness (QED) is 0.323. The van der Waals surface area contributed by atoms with E-state index < -0.39 is 80.0 Å². The third kappa shape index (κ3) is 6.05. The summed E-state index contributed by atoms with van der Waals surface area (Å²) in [6.45, 7) is 1.77. The summed E-state index contributed by atoms with van der Waals surface area (Å²) < 4.78 is 73.1. The number of carbonyl (C=O) groups is 3. The summed E-state index contributed by atoms with van der Waals surface area (Å²) in [5.41, 5.74) is -2.04. The molecule has 3 aliphatic rings. The number of halogens is 4. The average molecular weight is 688 g/mol. The third-order valence-corrected chi connectivity index (χ3v) is 12.2. The van der Waals surface area contributed by atoms with Gasteiger partial charge in [0.25, 0.3) is 5.91 Å². The van der Waals surface area contributed by atoms with Crippen molar-refractivity contribution in [1.29, 1.82) is 0 Å². The summed E-state index contributed by atoms with van der Waals surface area (Å²) in [4.78, 5) is 38.8. The summed E-state index contributed by atoms with van der Waals surface area (Å²) in [7, 11) is -3.02. The fourth-order valence-electron chi connectivity index (χ4n) is 7.20. The van der Waals surface area contributed by atoms with Gasteiger partial charge in [0.2, 0.25) is 5.91 Å². The van der Waals surface area contributed by atoms with Crippen molar-refractivity contribution in [3.05, 3.63) is 58.4 Å². The van der Waals surface area contributed by atoms with Crippen LogP contribution < -0.4 is 10.6 Å². The van der Waals surface area contributed by atoms with Crippen LogP contribution in [0.25, 0.3) is 0 Å². The van der Waals surface area contributed by atoms with E-state index in [1.807, 2.05) is 6.92 Å². The van der Waals surface area contributed by atoms with E-state index in [1.54, 1.807) is 0 Å². The van der Waals surface area contributed by atoms with Crippen LogP contribution in [0.5, 0.6) is 0 Å². The molecule has 2 saturated carbocycles. The van der Waals surface area contributed by atoms with Gasteiger partial charge in [0.15, 0.2) is 27.3 Å². The van der Waals surface area contributed by atoms with Crippen LogP contribution in [-0.4, -0.2) is 84.6 Å². The molecule has 46 heavy (non-hydrogen) atoms. The highest BCUT2D eigenvalue weighted by Crippen LogP contribution is 2.54. The summed E-state index contributed by atoms with van der Waals surface area (Å²) in [5.74, 6) is -7.53. The first-order valence-corrected chi connectivity index (χ1v) is 16.5. The van der Waals surface area contributed by atoms with Gasteiger partial charge >= 0.3 is 6.09 Å². The number of carbonyl (C=O) groups excluding carboxylic acids is 3. The number of hydrogen-bond acceptors (Lipinski definition) is 8. The molecular weight excluding hydrogens is 655 g/mol. The van der Waals surface area contributed by atoms with Gasteiger partial charge in [0, 0.05) is 36.5 Å². The maximum absolute atomic E-state index is 13.9. The second-order valence-corrected chi connectivity index (χ2v) is 14.8. The molecule has 1 aliphatic heterocycles. The van der Waals surface area contributed by atoms with Crippen LogP contribution in [0.2, 0.25) is 5.02 Å². The summed E-state index contributed by atoms with van der Waals surface area (Å²) in [5, 5.41) is 25.9. The number of aliphatic hydroxyl groups is 2. The Morgan fingerprint density at radius 1 is 1.11 bits per heavy atom. The molecule has 11 nitrogen and oxygen atoms in total. The minimum absolute atomic E-state index is 0.0214. The Morgan fingerprint density at radius 3 is 2.41 bits per heavy atom. The summed E-state index contributed by atoms with van der Waals surface area (Å²) in [6, 6.07) is 3.44. The maximum Gasteiger partial charge on any atom is 0.410 e. The first-order chi connectivity index (χ1) is 21.6. The SMILES string of the molecule is COC(=O)N1CC[C@@H](O)[C@H]1C(=O)NC[C@@]1(O)C2C[C@@H](S(=O)(=O)c3cc(C(=O)Nc4cc(F)c(F)c(F)c4)ccc3Cl)CC1[C@@H](C)C2. The minimum atomic E-state index is -4.18. The fraction of sp³-hybridized carbons (Fsp3) is 0.500. The van der Waals surface area contributed by atoms with E-state index in [1.165, 1.54) is 12.1 Å². The van der Waals surface area contributed by atoms with Crippen molar-refractivity contribution in [3.8, 4) is 0 Å². The molecule has 3 fully saturated rings. The van der Waals surface area contributed by atoms with Gasteiger partial charge in [-0.2, -0.15) is 0 Å². The number of anilines is 1. The number of fused-ring (bicyclic) bond motifs is 2. The Hall–Kier alpha value is -3.40. The zero-order chi connectivity index (χ0) is 33.7. The van der Waals surface area contributed by atoms with Gasteiger partial charge in [0.1, 0.15) is 6.04 Å². The topological polar surface area (TPSA) is 162 Å². The molecule has 4 N–H and O–H groups in total. The van der Waals surface area contributed by atoms with Crippen LogP contribution in [0, 0.1) is 35.2 Å².